The quantitative estimate of drug-likeness (QED) is 0.729. The molecule has 0 aliphatic rings. The molecule has 1 amide bonds. The first-order valence-electron chi connectivity index (χ1n) is 6.88. The normalized spacial score (nSPS) is 11.9. The van der Waals surface area contributed by atoms with Crippen LogP contribution in [0.1, 0.15) is 25.3 Å². The first-order valence-corrected chi connectivity index (χ1v) is 6.88. The molecule has 0 saturated carbocycles. The van der Waals surface area contributed by atoms with Crippen molar-refractivity contribution in [1.82, 2.24) is 4.90 Å². The summed E-state index contributed by atoms with van der Waals surface area (Å²) in [7, 11) is 0. The number of hydrogen-bond donors (Lipinski definition) is 1. The topological polar surface area (TPSA) is 46.3 Å². The Morgan fingerprint density at radius 2 is 2.11 bits per heavy atom. The van der Waals surface area contributed by atoms with E-state index in [1.807, 2.05) is 18.2 Å². The molecule has 1 aromatic rings. The minimum atomic E-state index is -0.424. The molecule has 0 fully saturated rings. The van der Waals surface area contributed by atoms with Gasteiger partial charge in [0.15, 0.2) is 0 Å². The Kier molecular flexibility index (Phi) is 6.90. The average molecular weight is 260 g/mol. The van der Waals surface area contributed by atoms with Crippen LogP contribution in [0.15, 0.2) is 43.0 Å². The second kappa shape index (κ2) is 8.48. The van der Waals surface area contributed by atoms with Gasteiger partial charge in [-0.15, -0.1) is 6.58 Å². The van der Waals surface area contributed by atoms with Crippen molar-refractivity contribution < 1.29 is 4.79 Å². The Hall–Kier alpha value is -1.61. The van der Waals surface area contributed by atoms with Crippen LogP contribution in [-0.2, 0) is 11.2 Å². The van der Waals surface area contributed by atoms with Crippen LogP contribution in [0, 0.1) is 0 Å². The van der Waals surface area contributed by atoms with Gasteiger partial charge in [0.1, 0.15) is 0 Å². The van der Waals surface area contributed by atoms with Gasteiger partial charge in [0.25, 0.3) is 0 Å². The number of hydrogen-bond acceptors (Lipinski definition) is 2. The van der Waals surface area contributed by atoms with Gasteiger partial charge in [-0.05, 0) is 24.8 Å². The summed E-state index contributed by atoms with van der Waals surface area (Å²) < 4.78 is 0. The van der Waals surface area contributed by atoms with Crippen LogP contribution in [0.25, 0.3) is 0 Å². The number of aryl methyl sites for hydroxylation is 1. The molecule has 0 spiro atoms. The van der Waals surface area contributed by atoms with Gasteiger partial charge in [-0.3, -0.25) is 4.79 Å². The van der Waals surface area contributed by atoms with Crippen LogP contribution in [-0.4, -0.2) is 29.9 Å². The molecule has 2 N–H and O–H groups in total. The third-order valence-electron chi connectivity index (χ3n) is 3.06. The van der Waals surface area contributed by atoms with Crippen LogP contribution in [0.4, 0.5) is 0 Å². The molecule has 0 aliphatic carbocycles. The Labute approximate surface area is 116 Å². The lowest BCUT2D eigenvalue weighted by Crippen LogP contribution is -2.44. The fourth-order valence-electron chi connectivity index (χ4n) is 2.04. The van der Waals surface area contributed by atoms with Crippen molar-refractivity contribution in [3.8, 4) is 0 Å². The Balaban J connectivity index is 2.48. The number of carbonyl (C=O) groups is 1. The van der Waals surface area contributed by atoms with Crippen molar-refractivity contribution in [2.45, 2.75) is 32.2 Å². The lowest BCUT2D eigenvalue weighted by atomic mass is 10.0. The SMILES string of the molecule is C=CCN(CCC)C(=O)C(N)CCc1ccccc1. The fourth-order valence-corrected chi connectivity index (χ4v) is 2.04. The smallest absolute Gasteiger partial charge is 0.239 e. The predicted molar refractivity (Wildman–Crippen MR) is 79.8 cm³/mol. The number of rotatable bonds is 8. The molecule has 0 saturated heterocycles. The molecule has 3 nitrogen and oxygen atoms in total. The summed E-state index contributed by atoms with van der Waals surface area (Å²) >= 11 is 0. The maximum Gasteiger partial charge on any atom is 0.239 e. The van der Waals surface area contributed by atoms with Crippen molar-refractivity contribution in [2.24, 2.45) is 5.73 Å². The van der Waals surface area contributed by atoms with Gasteiger partial charge >= 0.3 is 0 Å². The van der Waals surface area contributed by atoms with E-state index in [4.69, 9.17) is 5.73 Å². The molecular weight excluding hydrogens is 236 g/mol. The van der Waals surface area contributed by atoms with E-state index >= 15 is 0 Å². The highest BCUT2D eigenvalue weighted by atomic mass is 16.2. The van der Waals surface area contributed by atoms with Crippen LogP contribution in [0.3, 0.4) is 0 Å². The predicted octanol–water partition coefficient (Wildman–Crippen LogP) is 2.37. The molecule has 0 aromatic heterocycles. The van der Waals surface area contributed by atoms with Crippen LogP contribution in [0.2, 0.25) is 0 Å². The maximum absolute atomic E-state index is 12.2. The molecule has 104 valence electrons. The third kappa shape index (κ3) is 5.26. The van der Waals surface area contributed by atoms with Crippen molar-refractivity contribution in [3.05, 3.63) is 48.6 Å². The molecule has 1 unspecified atom stereocenters. The monoisotopic (exact) mass is 260 g/mol. The summed E-state index contributed by atoms with van der Waals surface area (Å²) in [5.74, 6) is 0.0256. The average Bonchev–Trinajstić information content (AvgIpc) is 2.45. The molecule has 1 rings (SSSR count). The zero-order chi connectivity index (χ0) is 14.1. The van der Waals surface area contributed by atoms with Crippen LogP contribution < -0.4 is 5.73 Å². The molecule has 0 bridgehead atoms. The van der Waals surface area contributed by atoms with Crippen molar-refractivity contribution in [3.63, 3.8) is 0 Å². The third-order valence-corrected chi connectivity index (χ3v) is 3.06. The minimum Gasteiger partial charge on any atom is -0.338 e. The van der Waals surface area contributed by atoms with Crippen LogP contribution in [0.5, 0.6) is 0 Å². The summed E-state index contributed by atoms with van der Waals surface area (Å²) in [6.07, 6.45) is 4.20. The molecular formula is C16H24N2O. The van der Waals surface area contributed by atoms with E-state index in [-0.39, 0.29) is 5.91 Å². The van der Waals surface area contributed by atoms with Crippen molar-refractivity contribution in [1.29, 1.82) is 0 Å². The van der Waals surface area contributed by atoms with Crippen molar-refractivity contribution >= 4 is 5.91 Å². The summed E-state index contributed by atoms with van der Waals surface area (Å²) in [5.41, 5.74) is 7.22. The molecule has 0 aliphatic heterocycles. The number of nitrogens with two attached hydrogens (primary N) is 1. The minimum absolute atomic E-state index is 0.0256. The highest BCUT2D eigenvalue weighted by Gasteiger charge is 2.19. The van der Waals surface area contributed by atoms with Gasteiger partial charge in [-0.2, -0.15) is 0 Å². The highest BCUT2D eigenvalue weighted by Crippen LogP contribution is 2.06. The van der Waals surface area contributed by atoms with E-state index in [1.165, 1.54) is 5.56 Å². The second-order valence-electron chi connectivity index (χ2n) is 4.70. The van der Waals surface area contributed by atoms with Gasteiger partial charge in [0.05, 0.1) is 6.04 Å². The van der Waals surface area contributed by atoms with E-state index < -0.39 is 6.04 Å². The van der Waals surface area contributed by atoms with Gasteiger partial charge < -0.3 is 10.6 Å². The molecule has 19 heavy (non-hydrogen) atoms. The zero-order valence-corrected chi connectivity index (χ0v) is 11.7. The van der Waals surface area contributed by atoms with E-state index in [9.17, 15) is 4.79 Å². The van der Waals surface area contributed by atoms with E-state index in [2.05, 4.69) is 25.6 Å². The zero-order valence-electron chi connectivity index (χ0n) is 11.7. The lowest BCUT2D eigenvalue weighted by molar-refractivity contribution is -0.132. The van der Waals surface area contributed by atoms with Gasteiger partial charge in [0, 0.05) is 13.1 Å². The van der Waals surface area contributed by atoms with Gasteiger partial charge in [-0.1, -0.05) is 43.3 Å². The first-order chi connectivity index (χ1) is 9.19. The Morgan fingerprint density at radius 1 is 1.42 bits per heavy atom. The number of amides is 1. The Bertz CT molecular complexity index is 389. The number of benzene rings is 1. The molecule has 1 atom stereocenters. The summed E-state index contributed by atoms with van der Waals surface area (Å²) in [6.45, 7) is 7.05. The van der Waals surface area contributed by atoms with Crippen LogP contribution >= 0.6 is 0 Å². The first kappa shape index (κ1) is 15.4. The summed E-state index contributed by atoms with van der Waals surface area (Å²) in [5, 5.41) is 0. The summed E-state index contributed by atoms with van der Waals surface area (Å²) in [4.78, 5) is 14.0. The molecule has 0 radical (unpaired) electrons. The largest absolute Gasteiger partial charge is 0.338 e. The lowest BCUT2D eigenvalue weighted by Gasteiger charge is -2.24. The molecule has 1 aromatic carbocycles. The number of carbonyl (C=O) groups excluding carboxylic acids is 1. The van der Waals surface area contributed by atoms with Gasteiger partial charge in [-0.25, -0.2) is 0 Å². The molecule has 3 heteroatoms. The van der Waals surface area contributed by atoms with E-state index in [0.717, 1.165) is 19.4 Å². The fraction of sp³-hybridized carbons (Fsp3) is 0.438. The standard InChI is InChI=1S/C16H24N2O/c1-3-12-18(13-4-2)16(19)15(17)11-10-14-8-6-5-7-9-14/h3,5-9,15H,1,4,10-13,17H2,2H3. The summed E-state index contributed by atoms with van der Waals surface area (Å²) in [6, 6.07) is 9.69. The second-order valence-corrected chi connectivity index (χ2v) is 4.70. The Morgan fingerprint density at radius 3 is 2.68 bits per heavy atom. The number of nitrogens with zero attached hydrogens (tertiary/aromatic N) is 1. The highest BCUT2D eigenvalue weighted by molar-refractivity contribution is 5.81. The van der Waals surface area contributed by atoms with E-state index in [0.29, 0.717) is 13.0 Å². The van der Waals surface area contributed by atoms with Gasteiger partial charge in [0.2, 0.25) is 5.91 Å². The van der Waals surface area contributed by atoms with Crippen molar-refractivity contribution in [2.75, 3.05) is 13.1 Å². The maximum atomic E-state index is 12.2. The molecule has 0 heterocycles. The van der Waals surface area contributed by atoms with E-state index in [1.54, 1.807) is 11.0 Å².